The van der Waals surface area contributed by atoms with E-state index in [4.69, 9.17) is 40.5 Å². The summed E-state index contributed by atoms with van der Waals surface area (Å²) in [6, 6.07) is 12.3. The van der Waals surface area contributed by atoms with Crippen LogP contribution in [0.15, 0.2) is 47.5 Å². The van der Waals surface area contributed by atoms with Gasteiger partial charge in [0.05, 0.1) is 22.1 Å². The topological polar surface area (TPSA) is 66.2 Å². The van der Waals surface area contributed by atoms with Crippen LogP contribution in [0.2, 0.25) is 15.1 Å². The molecule has 0 saturated carbocycles. The van der Waals surface area contributed by atoms with Gasteiger partial charge in [-0.2, -0.15) is 0 Å². The monoisotopic (exact) mass is 448 g/mol. The fourth-order valence-electron chi connectivity index (χ4n) is 3.35. The second-order valence-electron chi connectivity index (χ2n) is 6.55. The fourth-order valence-corrected chi connectivity index (χ4v) is 3.95. The summed E-state index contributed by atoms with van der Waals surface area (Å²) >= 11 is 18.2. The number of hydrogen-bond donors (Lipinski definition) is 3. The highest BCUT2D eigenvalue weighted by atomic mass is 35.5. The van der Waals surface area contributed by atoms with Crippen molar-refractivity contribution in [3.8, 4) is 0 Å². The number of aromatic nitrogens is 1. The Labute approximate surface area is 181 Å². The summed E-state index contributed by atoms with van der Waals surface area (Å²) in [4.78, 5) is 7.55. The Morgan fingerprint density at radius 3 is 2.66 bits per heavy atom. The van der Waals surface area contributed by atoms with Crippen LogP contribution in [0.5, 0.6) is 0 Å². The first kappa shape index (κ1) is 19.8. The maximum absolute atomic E-state index is 13.9. The Bertz CT molecular complexity index is 1250. The van der Waals surface area contributed by atoms with Gasteiger partial charge in [-0.25, -0.2) is 4.39 Å². The highest BCUT2D eigenvalue weighted by Gasteiger charge is 2.13. The number of rotatable bonds is 5. The summed E-state index contributed by atoms with van der Waals surface area (Å²) in [6.45, 7) is 0.543. The van der Waals surface area contributed by atoms with Crippen LogP contribution in [0.3, 0.4) is 0 Å². The molecule has 1 aromatic heterocycles. The highest BCUT2D eigenvalue weighted by molar-refractivity contribution is 6.36. The van der Waals surface area contributed by atoms with E-state index in [0.717, 1.165) is 33.1 Å². The summed E-state index contributed by atoms with van der Waals surface area (Å²) in [5.41, 5.74) is 9.56. The third-order valence-corrected chi connectivity index (χ3v) is 5.49. The van der Waals surface area contributed by atoms with Crippen molar-refractivity contribution in [2.24, 2.45) is 10.7 Å². The first-order valence-electron chi connectivity index (χ1n) is 8.81. The van der Waals surface area contributed by atoms with Gasteiger partial charge in [0.15, 0.2) is 0 Å². The van der Waals surface area contributed by atoms with Gasteiger partial charge in [0.1, 0.15) is 5.82 Å². The maximum atomic E-state index is 13.9. The van der Waals surface area contributed by atoms with Gasteiger partial charge in [0, 0.05) is 45.1 Å². The van der Waals surface area contributed by atoms with Crippen LogP contribution >= 0.6 is 34.8 Å². The third kappa shape index (κ3) is 3.99. The molecule has 0 radical (unpaired) electrons. The molecule has 0 aliphatic carbocycles. The fraction of sp³-hybridized carbons (Fsp3) is 0.0952. The quantitative estimate of drug-likeness (QED) is 0.180. The van der Waals surface area contributed by atoms with E-state index in [1.807, 2.05) is 30.3 Å². The molecule has 0 unspecified atom stereocenters. The van der Waals surface area contributed by atoms with E-state index in [0.29, 0.717) is 28.7 Å². The SMILES string of the molecule is NC=NCCc1cc(Nc2cc(F)c(Cl)cc2Cl)cc2c1[nH]c1ccc(Cl)cc12. The minimum atomic E-state index is -0.545. The molecule has 148 valence electrons. The Balaban J connectivity index is 1.86. The molecule has 0 saturated heterocycles. The van der Waals surface area contributed by atoms with Gasteiger partial charge in [0.2, 0.25) is 0 Å². The van der Waals surface area contributed by atoms with Gasteiger partial charge in [-0.15, -0.1) is 0 Å². The van der Waals surface area contributed by atoms with Crippen LogP contribution < -0.4 is 11.1 Å². The molecule has 0 amide bonds. The third-order valence-electron chi connectivity index (χ3n) is 4.66. The van der Waals surface area contributed by atoms with Crippen molar-refractivity contribution in [3.63, 3.8) is 0 Å². The highest BCUT2D eigenvalue weighted by Crippen LogP contribution is 2.35. The Kier molecular flexibility index (Phi) is 5.54. The lowest BCUT2D eigenvalue weighted by atomic mass is 10.0. The van der Waals surface area contributed by atoms with Crippen LogP contribution in [0.25, 0.3) is 21.8 Å². The van der Waals surface area contributed by atoms with Crippen molar-refractivity contribution in [2.75, 3.05) is 11.9 Å². The Morgan fingerprint density at radius 2 is 1.86 bits per heavy atom. The van der Waals surface area contributed by atoms with E-state index in [2.05, 4.69) is 15.3 Å². The predicted molar refractivity (Wildman–Crippen MR) is 122 cm³/mol. The average Bonchev–Trinajstić information content (AvgIpc) is 3.04. The summed E-state index contributed by atoms with van der Waals surface area (Å²) in [7, 11) is 0. The minimum absolute atomic E-state index is 0.0254. The number of halogens is 4. The van der Waals surface area contributed by atoms with Gasteiger partial charge in [-0.1, -0.05) is 34.8 Å². The Hall–Kier alpha value is -2.47. The zero-order valence-electron chi connectivity index (χ0n) is 15.1. The zero-order chi connectivity index (χ0) is 20.5. The van der Waals surface area contributed by atoms with E-state index in [1.54, 1.807) is 0 Å². The molecular formula is C21H16Cl3FN4. The van der Waals surface area contributed by atoms with E-state index >= 15 is 0 Å². The number of nitrogens with zero attached hydrogens (tertiary/aromatic N) is 1. The molecule has 0 aliphatic rings. The molecule has 3 aromatic carbocycles. The summed E-state index contributed by atoms with van der Waals surface area (Å²) in [5.74, 6) is -0.545. The van der Waals surface area contributed by atoms with Crippen LogP contribution in [0.1, 0.15) is 5.56 Å². The molecule has 4 nitrogen and oxygen atoms in total. The molecule has 8 heteroatoms. The summed E-state index contributed by atoms with van der Waals surface area (Å²) in [6.07, 6.45) is 1.96. The van der Waals surface area contributed by atoms with Gasteiger partial charge in [-0.05, 0) is 48.4 Å². The number of nitrogens with one attached hydrogen (secondary N) is 2. The number of benzene rings is 3. The largest absolute Gasteiger partial charge is 0.390 e. The second kappa shape index (κ2) is 8.11. The van der Waals surface area contributed by atoms with Crippen LogP contribution in [0.4, 0.5) is 15.8 Å². The van der Waals surface area contributed by atoms with Crippen molar-refractivity contribution in [1.29, 1.82) is 0 Å². The van der Waals surface area contributed by atoms with E-state index in [9.17, 15) is 4.39 Å². The number of aliphatic imine (C=N–C) groups is 1. The maximum Gasteiger partial charge on any atom is 0.143 e. The molecule has 29 heavy (non-hydrogen) atoms. The lowest BCUT2D eigenvalue weighted by molar-refractivity contribution is 0.629. The van der Waals surface area contributed by atoms with E-state index < -0.39 is 5.82 Å². The van der Waals surface area contributed by atoms with Crippen molar-refractivity contribution in [2.45, 2.75) is 6.42 Å². The first-order valence-corrected chi connectivity index (χ1v) is 9.95. The van der Waals surface area contributed by atoms with E-state index in [1.165, 1.54) is 18.5 Å². The summed E-state index contributed by atoms with van der Waals surface area (Å²) in [5, 5.41) is 6.12. The number of H-pyrrole nitrogens is 1. The smallest absolute Gasteiger partial charge is 0.143 e. The van der Waals surface area contributed by atoms with Crippen LogP contribution in [0, 0.1) is 5.82 Å². The van der Waals surface area contributed by atoms with Crippen molar-refractivity contribution in [3.05, 3.63) is 68.9 Å². The van der Waals surface area contributed by atoms with Crippen molar-refractivity contribution < 1.29 is 4.39 Å². The molecular weight excluding hydrogens is 434 g/mol. The number of hydrogen-bond acceptors (Lipinski definition) is 2. The van der Waals surface area contributed by atoms with Crippen molar-refractivity contribution >= 4 is 74.3 Å². The standard InChI is InChI=1S/C21H16Cl3FN4/c22-12-1-2-19-14(6-12)15-7-13(5-11(21(15)29-19)3-4-27-10-26)28-20-9-18(25)16(23)8-17(20)24/h1-2,5-10,28-29H,3-4H2,(H2,26,27). The van der Waals surface area contributed by atoms with Crippen LogP contribution in [-0.4, -0.2) is 17.9 Å². The molecule has 4 rings (SSSR count). The lowest BCUT2D eigenvalue weighted by Crippen LogP contribution is -1.98. The summed E-state index contributed by atoms with van der Waals surface area (Å²) < 4.78 is 13.9. The molecule has 0 bridgehead atoms. The number of anilines is 2. The number of fused-ring (bicyclic) bond motifs is 3. The number of aromatic amines is 1. The van der Waals surface area contributed by atoms with Gasteiger partial charge in [0.25, 0.3) is 0 Å². The molecule has 0 fully saturated rings. The van der Waals surface area contributed by atoms with E-state index in [-0.39, 0.29) is 5.02 Å². The molecule has 0 spiro atoms. The molecule has 4 aromatic rings. The number of nitrogens with two attached hydrogens (primary N) is 1. The predicted octanol–water partition coefficient (Wildman–Crippen LogP) is 6.69. The first-order chi connectivity index (χ1) is 14.0. The lowest BCUT2D eigenvalue weighted by Gasteiger charge is -2.12. The minimum Gasteiger partial charge on any atom is -0.390 e. The van der Waals surface area contributed by atoms with Gasteiger partial charge < -0.3 is 16.0 Å². The normalized spacial score (nSPS) is 11.7. The van der Waals surface area contributed by atoms with Crippen LogP contribution in [-0.2, 0) is 6.42 Å². The average molecular weight is 450 g/mol. The molecule has 0 aliphatic heterocycles. The molecule has 1 heterocycles. The Morgan fingerprint density at radius 1 is 1.03 bits per heavy atom. The zero-order valence-corrected chi connectivity index (χ0v) is 17.3. The van der Waals surface area contributed by atoms with Gasteiger partial charge >= 0.3 is 0 Å². The van der Waals surface area contributed by atoms with Gasteiger partial charge in [-0.3, -0.25) is 4.99 Å². The van der Waals surface area contributed by atoms with Crippen molar-refractivity contribution in [1.82, 2.24) is 4.98 Å². The molecule has 4 N–H and O–H groups in total. The second-order valence-corrected chi connectivity index (χ2v) is 7.80. The molecule has 0 atom stereocenters.